The number of halogens is 3. The van der Waals surface area contributed by atoms with Gasteiger partial charge in [0.1, 0.15) is 5.75 Å². The number of phenolic OH excluding ortho intramolecular Hbond substituents is 2. The summed E-state index contributed by atoms with van der Waals surface area (Å²) in [6.07, 6.45) is -2.80. The van der Waals surface area contributed by atoms with Crippen molar-refractivity contribution in [1.29, 1.82) is 0 Å². The van der Waals surface area contributed by atoms with Gasteiger partial charge in [0.15, 0.2) is 11.5 Å². The van der Waals surface area contributed by atoms with Crippen molar-refractivity contribution in [1.82, 2.24) is 4.90 Å². The quantitative estimate of drug-likeness (QED) is 0.592. The molecule has 9 heteroatoms. The van der Waals surface area contributed by atoms with E-state index in [1.165, 1.54) is 18.2 Å². The first-order valence-electron chi connectivity index (χ1n) is 10.6. The van der Waals surface area contributed by atoms with E-state index in [9.17, 15) is 28.2 Å². The fourth-order valence-electron chi connectivity index (χ4n) is 4.51. The molecular formula is C23H25F3N2O4. The molecule has 6 nitrogen and oxygen atoms in total. The Balaban J connectivity index is 1.46. The number of likely N-dealkylation sites (tertiary alicyclic amines) is 1. The molecule has 2 aromatic rings. The molecule has 0 aliphatic carbocycles. The number of nitrogens with zero attached hydrogens (tertiary/aromatic N) is 1. The van der Waals surface area contributed by atoms with Crippen molar-refractivity contribution >= 4 is 11.6 Å². The molecule has 0 saturated carbocycles. The highest BCUT2D eigenvalue weighted by Crippen LogP contribution is 2.37. The molecule has 2 aromatic carbocycles. The third-order valence-electron chi connectivity index (χ3n) is 6.20. The van der Waals surface area contributed by atoms with Crippen LogP contribution in [0.15, 0.2) is 36.4 Å². The van der Waals surface area contributed by atoms with Crippen LogP contribution in [-0.2, 0) is 17.5 Å². The maximum atomic E-state index is 13.1. The number of fused-ring (bicyclic) bond motifs is 2. The lowest BCUT2D eigenvalue weighted by Gasteiger charge is -2.39. The second kappa shape index (κ2) is 8.90. The zero-order chi connectivity index (χ0) is 22.9. The smallest absolute Gasteiger partial charge is 0.416 e. The first kappa shape index (κ1) is 22.3. The largest absolute Gasteiger partial charge is 0.504 e. The van der Waals surface area contributed by atoms with E-state index in [1.54, 1.807) is 6.07 Å². The summed E-state index contributed by atoms with van der Waals surface area (Å²) in [5.74, 6) is -0.106. The minimum Gasteiger partial charge on any atom is -0.504 e. The van der Waals surface area contributed by atoms with Gasteiger partial charge in [-0.15, -0.1) is 0 Å². The number of benzene rings is 2. The Kier molecular flexibility index (Phi) is 6.19. The van der Waals surface area contributed by atoms with Gasteiger partial charge in [-0.3, -0.25) is 9.69 Å². The summed E-state index contributed by atoms with van der Waals surface area (Å²) >= 11 is 0. The summed E-state index contributed by atoms with van der Waals surface area (Å²) in [6.45, 7) is 2.44. The van der Waals surface area contributed by atoms with Gasteiger partial charge in [0, 0.05) is 19.5 Å². The van der Waals surface area contributed by atoms with Crippen LogP contribution in [0.3, 0.4) is 0 Å². The van der Waals surface area contributed by atoms with Crippen molar-refractivity contribution in [2.24, 2.45) is 11.8 Å². The predicted octanol–water partition coefficient (Wildman–Crippen LogP) is 4.37. The molecule has 0 bridgehead atoms. The Morgan fingerprint density at radius 3 is 2.62 bits per heavy atom. The minimum absolute atomic E-state index is 0.0489. The van der Waals surface area contributed by atoms with Crippen molar-refractivity contribution in [2.75, 3.05) is 25.0 Å². The van der Waals surface area contributed by atoms with Gasteiger partial charge in [-0.2, -0.15) is 13.2 Å². The molecular weight excluding hydrogens is 425 g/mol. The zero-order valence-electron chi connectivity index (χ0n) is 17.4. The number of carbonyl (C=O) groups is 1. The van der Waals surface area contributed by atoms with E-state index in [1.807, 2.05) is 0 Å². The van der Waals surface area contributed by atoms with Crippen molar-refractivity contribution < 1.29 is 32.9 Å². The van der Waals surface area contributed by atoms with Crippen LogP contribution in [0.25, 0.3) is 0 Å². The molecule has 0 spiro atoms. The van der Waals surface area contributed by atoms with E-state index >= 15 is 0 Å². The summed E-state index contributed by atoms with van der Waals surface area (Å²) < 4.78 is 44.9. The Labute approximate surface area is 183 Å². The predicted molar refractivity (Wildman–Crippen MR) is 111 cm³/mol. The van der Waals surface area contributed by atoms with Crippen LogP contribution < -0.4 is 10.1 Å². The Bertz CT molecular complexity index is 996. The van der Waals surface area contributed by atoms with Crippen molar-refractivity contribution in [3.05, 3.63) is 47.5 Å². The highest BCUT2D eigenvalue weighted by Gasteiger charge is 2.34. The third-order valence-corrected chi connectivity index (χ3v) is 6.20. The number of hydrogen-bond donors (Lipinski definition) is 3. The standard InChI is InChI=1S/C23H25F3N2O4/c24-23(25,26)17-2-4-21-18(11-17)27-22(31)10-15-5-7-28(13-16(15)6-8-32-21)12-14-1-3-19(29)20(30)9-14/h1-4,9,11,15-16,29-30H,5-8,10,12-13H2,(H,27,31)/t15-,16-/m0/s1. The molecule has 0 radical (unpaired) electrons. The average Bonchev–Trinajstić information content (AvgIpc) is 2.72. The summed E-state index contributed by atoms with van der Waals surface area (Å²) in [7, 11) is 0. The molecule has 3 N–H and O–H groups in total. The lowest BCUT2D eigenvalue weighted by Crippen LogP contribution is -2.42. The number of piperidine rings is 1. The second-order valence-corrected chi connectivity index (χ2v) is 8.47. The van der Waals surface area contributed by atoms with E-state index in [0.29, 0.717) is 19.6 Å². The fourth-order valence-corrected chi connectivity index (χ4v) is 4.51. The van der Waals surface area contributed by atoms with Crippen LogP contribution in [0, 0.1) is 11.8 Å². The summed E-state index contributed by atoms with van der Waals surface area (Å²) in [6, 6.07) is 7.88. The van der Waals surface area contributed by atoms with Gasteiger partial charge >= 0.3 is 6.18 Å². The first-order chi connectivity index (χ1) is 15.2. The average molecular weight is 450 g/mol. The number of anilines is 1. The number of amides is 1. The Hall–Kier alpha value is -2.94. The monoisotopic (exact) mass is 450 g/mol. The van der Waals surface area contributed by atoms with Crippen molar-refractivity contribution in [3.63, 3.8) is 0 Å². The number of hydrogen-bond acceptors (Lipinski definition) is 5. The maximum Gasteiger partial charge on any atom is 0.416 e. The summed E-state index contributed by atoms with van der Waals surface area (Å²) in [4.78, 5) is 14.8. The summed E-state index contributed by atoms with van der Waals surface area (Å²) in [5, 5.41) is 21.8. The van der Waals surface area contributed by atoms with Gasteiger partial charge in [-0.1, -0.05) is 6.07 Å². The Morgan fingerprint density at radius 1 is 1.06 bits per heavy atom. The topological polar surface area (TPSA) is 82.0 Å². The molecule has 4 rings (SSSR count). The van der Waals surface area contributed by atoms with Gasteiger partial charge in [0.25, 0.3) is 0 Å². The molecule has 2 heterocycles. The zero-order valence-corrected chi connectivity index (χ0v) is 17.4. The minimum atomic E-state index is -4.50. The highest BCUT2D eigenvalue weighted by molar-refractivity contribution is 5.92. The van der Waals surface area contributed by atoms with Crippen LogP contribution in [-0.4, -0.2) is 40.7 Å². The second-order valence-electron chi connectivity index (χ2n) is 8.47. The van der Waals surface area contributed by atoms with Gasteiger partial charge in [-0.05, 0) is 67.1 Å². The van der Waals surface area contributed by atoms with E-state index in [0.717, 1.165) is 37.2 Å². The van der Waals surface area contributed by atoms with E-state index in [-0.39, 0.29) is 47.1 Å². The first-order valence-corrected chi connectivity index (χ1v) is 10.6. The number of phenols is 2. The third kappa shape index (κ3) is 5.09. The van der Waals surface area contributed by atoms with Gasteiger partial charge < -0.3 is 20.3 Å². The normalized spacial score (nSPS) is 22.3. The van der Waals surface area contributed by atoms with Crippen LogP contribution in [0.1, 0.15) is 30.4 Å². The number of alkyl halides is 3. The number of aromatic hydroxyl groups is 2. The lowest BCUT2D eigenvalue weighted by atomic mass is 9.81. The van der Waals surface area contributed by atoms with E-state index in [4.69, 9.17) is 4.74 Å². The van der Waals surface area contributed by atoms with Crippen LogP contribution in [0.4, 0.5) is 18.9 Å². The van der Waals surface area contributed by atoms with E-state index < -0.39 is 11.7 Å². The number of ether oxygens (including phenoxy) is 1. The molecule has 0 aromatic heterocycles. The molecule has 172 valence electrons. The van der Waals surface area contributed by atoms with Gasteiger partial charge in [0.05, 0.1) is 17.9 Å². The number of nitrogens with one attached hydrogen (secondary N) is 1. The SMILES string of the molecule is O=C1C[C@@H]2CCN(Cc3ccc(O)c(O)c3)C[C@@H]2CCOc2ccc(C(F)(F)F)cc2N1. The van der Waals surface area contributed by atoms with Crippen LogP contribution in [0.5, 0.6) is 17.2 Å². The number of carbonyl (C=O) groups excluding carboxylic acids is 1. The molecule has 1 amide bonds. The van der Waals surface area contributed by atoms with Crippen LogP contribution in [0.2, 0.25) is 0 Å². The maximum absolute atomic E-state index is 13.1. The Morgan fingerprint density at radius 2 is 1.88 bits per heavy atom. The molecule has 2 aliphatic rings. The molecule has 32 heavy (non-hydrogen) atoms. The van der Waals surface area contributed by atoms with Crippen molar-refractivity contribution in [3.8, 4) is 17.2 Å². The highest BCUT2D eigenvalue weighted by atomic mass is 19.4. The lowest BCUT2D eigenvalue weighted by molar-refractivity contribution is -0.137. The number of rotatable bonds is 2. The molecule has 1 saturated heterocycles. The molecule has 0 unspecified atom stereocenters. The van der Waals surface area contributed by atoms with Gasteiger partial charge in [0.2, 0.25) is 5.91 Å². The molecule has 2 atom stereocenters. The summed E-state index contributed by atoms with van der Waals surface area (Å²) in [5.41, 5.74) is 0.0958. The van der Waals surface area contributed by atoms with E-state index in [2.05, 4.69) is 10.2 Å². The van der Waals surface area contributed by atoms with Gasteiger partial charge in [-0.25, -0.2) is 0 Å². The fraction of sp³-hybridized carbons (Fsp3) is 0.435. The molecule has 1 fully saturated rings. The van der Waals surface area contributed by atoms with Crippen LogP contribution >= 0.6 is 0 Å². The van der Waals surface area contributed by atoms with Crippen molar-refractivity contribution in [2.45, 2.75) is 32.0 Å². The molecule has 2 aliphatic heterocycles.